The van der Waals surface area contributed by atoms with E-state index in [0.717, 1.165) is 51.4 Å². The topological polar surface area (TPSA) is 178 Å². The number of rotatable bonds is 46. The zero-order valence-electron chi connectivity index (χ0n) is 40.6. The molecule has 0 saturated carbocycles. The Bertz CT molecular complexity index is 1210. The zero-order chi connectivity index (χ0) is 46.8. The van der Waals surface area contributed by atoms with Gasteiger partial charge in [0.15, 0.2) is 6.29 Å². The molecule has 1 saturated heterocycles. The van der Waals surface area contributed by atoms with Gasteiger partial charge in [0, 0.05) is 13.0 Å². The molecule has 1 fully saturated rings. The summed E-state index contributed by atoms with van der Waals surface area (Å²) in [5, 5.41) is 30.8. The molecule has 6 atom stereocenters. The van der Waals surface area contributed by atoms with E-state index >= 15 is 0 Å². The number of hydrogen-bond acceptors (Lipinski definition) is 11. The Hall–Kier alpha value is -1.42. The van der Waals surface area contributed by atoms with Crippen molar-refractivity contribution in [2.45, 2.75) is 269 Å². The van der Waals surface area contributed by atoms with E-state index in [4.69, 9.17) is 18.9 Å². The standard InChI is InChI=1S/C51H96O12S/c1-3-5-7-9-11-13-15-17-19-21-23-24-26-28-30-32-34-36-38-40-47(53)61-45(44-60-51-49(55)50(63-64(56,57)58)48(54)46(42-52)62-51)43-59-41-39-37-35-33-31-29-27-25-22-20-18-16-14-12-10-8-6-4-2/h11,13,17,19,45-46,48-52,54-55H,3-10,12,14-16,18,20-44H2,1-2H3,(H,56,57,58)/b13-11-,19-17-. The second-order valence-electron chi connectivity index (χ2n) is 18.1. The molecule has 13 heteroatoms. The Labute approximate surface area is 391 Å². The number of carbonyl (C=O) groups is 1. The molecule has 378 valence electrons. The molecular weight excluding hydrogens is 837 g/mol. The molecule has 0 aromatic heterocycles. The highest BCUT2D eigenvalue weighted by Crippen LogP contribution is 2.26. The first-order valence-electron chi connectivity index (χ1n) is 26.1. The van der Waals surface area contributed by atoms with E-state index in [9.17, 15) is 33.1 Å². The molecule has 1 heterocycles. The monoisotopic (exact) mass is 933 g/mol. The van der Waals surface area contributed by atoms with Gasteiger partial charge < -0.3 is 34.3 Å². The van der Waals surface area contributed by atoms with Crippen LogP contribution >= 0.6 is 0 Å². The third-order valence-corrected chi connectivity index (χ3v) is 12.5. The average molecular weight is 933 g/mol. The van der Waals surface area contributed by atoms with E-state index in [2.05, 4.69) is 42.3 Å². The predicted molar refractivity (Wildman–Crippen MR) is 257 cm³/mol. The Morgan fingerprint density at radius 3 is 1.52 bits per heavy atom. The molecule has 0 aromatic rings. The highest BCUT2D eigenvalue weighted by molar-refractivity contribution is 7.80. The van der Waals surface area contributed by atoms with Gasteiger partial charge >= 0.3 is 16.4 Å². The number of unbranched alkanes of at least 4 members (excludes halogenated alkanes) is 29. The van der Waals surface area contributed by atoms with Gasteiger partial charge in [0.25, 0.3) is 0 Å². The van der Waals surface area contributed by atoms with Crippen molar-refractivity contribution < 1.29 is 56.2 Å². The number of aliphatic hydroxyl groups excluding tert-OH is 3. The summed E-state index contributed by atoms with van der Waals surface area (Å²) in [7, 11) is -5.06. The van der Waals surface area contributed by atoms with Crippen molar-refractivity contribution in [3.8, 4) is 0 Å². The fraction of sp³-hybridized carbons (Fsp3) is 0.902. The van der Waals surface area contributed by atoms with Gasteiger partial charge in [-0.15, -0.1) is 0 Å². The lowest BCUT2D eigenvalue weighted by Gasteiger charge is -2.41. The van der Waals surface area contributed by atoms with Gasteiger partial charge in [-0.1, -0.05) is 205 Å². The van der Waals surface area contributed by atoms with Gasteiger partial charge in [-0.2, -0.15) is 8.42 Å². The quantitative estimate of drug-likeness (QED) is 0.0197. The summed E-state index contributed by atoms with van der Waals surface area (Å²) in [6.45, 7) is 4.01. The third-order valence-electron chi connectivity index (χ3n) is 12.1. The molecule has 0 radical (unpaired) electrons. The first kappa shape index (κ1) is 60.6. The summed E-state index contributed by atoms with van der Waals surface area (Å²) < 4.78 is 59.3. The molecule has 0 aliphatic carbocycles. The smallest absolute Gasteiger partial charge is 0.397 e. The van der Waals surface area contributed by atoms with Crippen LogP contribution < -0.4 is 0 Å². The normalized spacial score (nSPS) is 19.9. The van der Waals surface area contributed by atoms with Crippen molar-refractivity contribution in [1.82, 2.24) is 0 Å². The first-order chi connectivity index (χ1) is 31.1. The minimum Gasteiger partial charge on any atom is -0.457 e. The molecule has 1 rings (SSSR count). The molecule has 0 aromatic carbocycles. The summed E-state index contributed by atoms with van der Waals surface area (Å²) in [5.41, 5.74) is 0. The molecular formula is C51H96O12S. The number of ether oxygens (including phenoxy) is 4. The van der Waals surface area contributed by atoms with E-state index in [0.29, 0.717) is 13.0 Å². The molecule has 64 heavy (non-hydrogen) atoms. The van der Waals surface area contributed by atoms with Gasteiger partial charge in [-0.3, -0.25) is 9.35 Å². The van der Waals surface area contributed by atoms with Crippen LogP contribution in [0.25, 0.3) is 0 Å². The van der Waals surface area contributed by atoms with E-state index in [-0.39, 0.29) is 19.6 Å². The van der Waals surface area contributed by atoms with Crippen molar-refractivity contribution in [3.63, 3.8) is 0 Å². The first-order valence-corrected chi connectivity index (χ1v) is 27.5. The highest BCUT2D eigenvalue weighted by atomic mass is 32.3. The zero-order valence-corrected chi connectivity index (χ0v) is 41.4. The van der Waals surface area contributed by atoms with Crippen LogP contribution in [0.2, 0.25) is 0 Å². The van der Waals surface area contributed by atoms with Gasteiger partial charge in [-0.25, -0.2) is 4.18 Å². The maximum absolute atomic E-state index is 12.9. The van der Waals surface area contributed by atoms with Crippen molar-refractivity contribution in [1.29, 1.82) is 0 Å². The number of esters is 1. The second-order valence-corrected chi connectivity index (χ2v) is 19.2. The fourth-order valence-corrected chi connectivity index (χ4v) is 8.62. The minimum atomic E-state index is -5.06. The number of allylic oxidation sites excluding steroid dienone is 4. The average Bonchev–Trinajstić information content (AvgIpc) is 3.27. The van der Waals surface area contributed by atoms with Crippen LogP contribution in [0.15, 0.2) is 24.3 Å². The molecule has 1 aliphatic heterocycles. The van der Waals surface area contributed by atoms with Crippen LogP contribution in [-0.2, 0) is 38.3 Å². The van der Waals surface area contributed by atoms with E-state index in [1.165, 1.54) is 154 Å². The highest BCUT2D eigenvalue weighted by Gasteiger charge is 2.48. The van der Waals surface area contributed by atoms with Gasteiger partial charge in [-0.05, 0) is 44.9 Å². The van der Waals surface area contributed by atoms with E-state index < -0.39 is 59.8 Å². The van der Waals surface area contributed by atoms with Crippen LogP contribution in [0.1, 0.15) is 232 Å². The molecule has 12 nitrogen and oxygen atoms in total. The second kappa shape index (κ2) is 42.9. The number of carbonyl (C=O) groups excluding carboxylic acids is 1. The number of hydrogen-bond donors (Lipinski definition) is 4. The van der Waals surface area contributed by atoms with Crippen molar-refractivity contribution in [3.05, 3.63) is 24.3 Å². The van der Waals surface area contributed by atoms with Crippen molar-refractivity contribution >= 4 is 16.4 Å². The Kier molecular flexibility index (Phi) is 40.6. The molecule has 6 unspecified atom stereocenters. The third kappa shape index (κ3) is 35.7. The van der Waals surface area contributed by atoms with Crippen LogP contribution in [-0.4, -0.2) is 97.5 Å². The van der Waals surface area contributed by atoms with E-state index in [1.54, 1.807) is 0 Å². The molecule has 0 spiro atoms. The van der Waals surface area contributed by atoms with Crippen LogP contribution in [0.4, 0.5) is 0 Å². The van der Waals surface area contributed by atoms with Gasteiger partial charge in [0.05, 0.1) is 19.8 Å². The maximum Gasteiger partial charge on any atom is 0.397 e. The summed E-state index contributed by atoms with van der Waals surface area (Å²) in [4.78, 5) is 12.9. The largest absolute Gasteiger partial charge is 0.457 e. The summed E-state index contributed by atoms with van der Waals surface area (Å²) in [6, 6.07) is 0. The van der Waals surface area contributed by atoms with Crippen LogP contribution in [0, 0.1) is 0 Å². The molecule has 0 amide bonds. The SMILES string of the molecule is CCCCC/C=C\C/C=C\CCCCCCCCCCCC(=O)OC(COCCCCCCCCCCCCCCCCCCCC)COC1OC(CO)C(O)C(OS(=O)(=O)O)C1O. The predicted octanol–water partition coefficient (Wildman–Crippen LogP) is 12.0. The lowest BCUT2D eigenvalue weighted by Crippen LogP contribution is -2.60. The summed E-state index contributed by atoms with van der Waals surface area (Å²) >= 11 is 0. The Morgan fingerprint density at radius 2 is 1.03 bits per heavy atom. The summed E-state index contributed by atoms with van der Waals surface area (Å²) in [5.74, 6) is -0.399. The molecule has 0 bridgehead atoms. The van der Waals surface area contributed by atoms with Crippen LogP contribution in [0.5, 0.6) is 0 Å². The molecule has 4 N–H and O–H groups in total. The lowest BCUT2D eigenvalue weighted by molar-refractivity contribution is -0.301. The van der Waals surface area contributed by atoms with Gasteiger partial charge in [0.1, 0.15) is 30.5 Å². The number of aliphatic hydroxyl groups is 3. The molecule has 1 aliphatic rings. The van der Waals surface area contributed by atoms with Crippen molar-refractivity contribution in [2.75, 3.05) is 26.4 Å². The maximum atomic E-state index is 12.9. The minimum absolute atomic E-state index is 0.0390. The van der Waals surface area contributed by atoms with Gasteiger partial charge in [0.2, 0.25) is 0 Å². The van der Waals surface area contributed by atoms with E-state index in [1.807, 2.05) is 0 Å². The Balaban J connectivity index is 2.35. The fourth-order valence-electron chi connectivity index (χ4n) is 8.12. The van der Waals surface area contributed by atoms with Crippen molar-refractivity contribution in [2.24, 2.45) is 0 Å². The lowest BCUT2D eigenvalue weighted by atomic mass is 9.99. The Morgan fingerprint density at radius 1 is 0.594 bits per heavy atom. The van der Waals surface area contributed by atoms with Crippen LogP contribution in [0.3, 0.4) is 0 Å². The summed E-state index contributed by atoms with van der Waals surface area (Å²) in [6.07, 6.45) is 40.6.